The molecule has 1 unspecified atom stereocenters. The van der Waals surface area contributed by atoms with Crippen molar-refractivity contribution in [1.82, 2.24) is 24.7 Å². The summed E-state index contributed by atoms with van der Waals surface area (Å²) in [5, 5.41) is 13.4. The fourth-order valence-corrected chi connectivity index (χ4v) is 3.13. The number of aromatic nitrogens is 4. The van der Waals surface area contributed by atoms with Gasteiger partial charge < -0.3 is 5.32 Å². The van der Waals surface area contributed by atoms with E-state index in [0.29, 0.717) is 0 Å². The number of aryl methyl sites for hydroxylation is 1. The summed E-state index contributed by atoms with van der Waals surface area (Å²) >= 11 is 1.45. The van der Waals surface area contributed by atoms with Gasteiger partial charge in [-0.2, -0.15) is 5.10 Å². The second kappa shape index (κ2) is 6.32. The molecule has 110 valence electrons. The monoisotopic (exact) mass is 301 g/mol. The van der Waals surface area contributed by atoms with Crippen LogP contribution >= 0.6 is 11.5 Å². The number of fused-ring (bicyclic) bond motifs is 1. The number of rotatable bonds is 6. The van der Waals surface area contributed by atoms with Gasteiger partial charge in [0, 0.05) is 18.9 Å². The molecular weight excluding hydrogens is 282 g/mol. The van der Waals surface area contributed by atoms with Crippen LogP contribution in [0.3, 0.4) is 0 Å². The number of hydrogen-bond acceptors (Lipinski definition) is 5. The lowest BCUT2D eigenvalue weighted by atomic mass is 10.1. The Morgan fingerprint density at radius 2 is 2.19 bits per heavy atom. The molecule has 2 heterocycles. The topological polar surface area (TPSA) is 55.6 Å². The standard InChI is InChI=1S/C15H19N5S/c1-3-8-16-13(15-10-17-19-21-15)9-12-11-6-4-5-7-14(11)20(2)18-12/h4-7,10,13,16H,3,8-9H2,1-2H3. The van der Waals surface area contributed by atoms with E-state index in [1.165, 1.54) is 22.4 Å². The van der Waals surface area contributed by atoms with Gasteiger partial charge in [0.05, 0.1) is 28.3 Å². The maximum Gasteiger partial charge on any atom is 0.0722 e. The van der Waals surface area contributed by atoms with Crippen molar-refractivity contribution in [2.45, 2.75) is 25.8 Å². The van der Waals surface area contributed by atoms with E-state index in [2.05, 4.69) is 45.1 Å². The van der Waals surface area contributed by atoms with Gasteiger partial charge >= 0.3 is 0 Å². The molecule has 1 aromatic carbocycles. The molecule has 0 saturated carbocycles. The molecule has 3 rings (SSSR count). The molecule has 0 aliphatic carbocycles. The first-order valence-electron chi connectivity index (χ1n) is 7.21. The molecule has 21 heavy (non-hydrogen) atoms. The van der Waals surface area contributed by atoms with Gasteiger partial charge in [-0.15, -0.1) is 5.10 Å². The third-order valence-electron chi connectivity index (χ3n) is 3.59. The van der Waals surface area contributed by atoms with Gasteiger partial charge in [-0.25, -0.2) is 0 Å². The van der Waals surface area contributed by atoms with E-state index in [-0.39, 0.29) is 6.04 Å². The first-order chi connectivity index (χ1) is 10.3. The molecule has 0 radical (unpaired) electrons. The van der Waals surface area contributed by atoms with Crippen LogP contribution < -0.4 is 5.32 Å². The molecule has 0 aliphatic rings. The molecule has 0 spiro atoms. The Morgan fingerprint density at radius 3 is 2.95 bits per heavy atom. The van der Waals surface area contributed by atoms with Crippen molar-refractivity contribution in [2.75, 3.05) is 6.54 Å². The molecule has 6 heteroatoms. The second-order valence-corrected chi connectivity index (χ2v) is 5.94. The van der Waals surface area contributed by atoms with E-state index in [1.807, 2.05) is 24.0 Å². The Kier molecular flexibility index (Phi) is 4.26. The first kappa shape index (κ1) is 14.2. The van der Waals surface area contributed by atoms with Gasteiger partial charge in [0.25, 0.3) is 0 Å². The van der Waals surface area contributed by atoms with Crippen LogP contribution in [0, 0.1) is 0 Å². The molecular formula is C15H19N5S. The normalized spacial score (nSPS) is 12.9. The summed E-state index contributed by atoms with van der Waals surface area (Å²) in [5.41, 5.74) is 2.29. The number of benzene rings is 1. The van der Waals surface area contributed by atoms with Crippen molar-refractivity contribution in [3.63, 3.8) is 0 Å². The number of para-hydroxylation sites is 1. The van der Waals surface area contributed by atoms with E-state index in [4.69, 9.17) is 0 Å². The summed E-state index contributed by atoms with van der Waals surface area (Å²) in [5.74, 6) is 0. The predicted octanol–water partition coefficient (Wildman–Crippen LogP) is 2.71. The fourth-order valence-electron chi connectivity index (χ4n) is 2.55. The minimum atomic E-state index is 0.225. The lowest BCUT2D eigenvalue weighted by Crippen LogP contribution is -2.23. The highest BCUT2D eigenvalue weighted by atomic mass is 32.1. The van der Waals surface area contributed by atoms with Crippen LogP contribution in [-0.4, -0.2) is 25.9 Å². The minimum absolute atomic E-state index is 0.225. The van der Waals surface area contributed by atoms with Crippen LogP contribution in [0.4, 0.5) is 0 Å². The van der Waals surface area contributed by atoms with E-state index in [0.717, 1.165) is 30.0 Å². The molecule has 1 atom stereocenters. The fraction of sp³-hybridized carbons (Fsp3) is 0.400. The van der Waals surface area contributed by atoms with Crippen molar-refractivity contribution in [1.29, 1.82) is 0 Å². The first-order valence-corrected chi connectivity index (χ1v) is 7.98. The molecule has 5 nitrogen and oxygen atoms in total. The van der Waals surface area contributed by atoms with Gasteiger partial charge in [0.2, 0.25) is 0 Å². The number of hydrogen-bond donors (Lipinski definition) is 1. The third kappa shape index (κ3) is 2.96. The lowest BCUT2D eigenvalue weighted by molar-refractivity contribution is 0.529. The smallest absolute Gasteiger partial charge is 0.0722 e. The predicted molar refractivity (Wildman–Crippen MR) is 85.4 cm³/mol. The maximum atomic E-state index is 4.69. The SMILES string of the molecule is CCCNC(Cc1nn(C)c2ccccc12)c1cnns1. The summed E-state index contributed by atoms with van der Waals surface area (Å²) in [7, 11) is 1.99. The van der Waals surface area contributed by atoms with Crippen LogP contribution in [0.1, 0.15) is 30.0 Å². The van der Waals surface area contributed by atoms with E-state index >= 15 is 0 Å². The van der Waals surface area contributed by atoms with Crippen molar-refractivity contribution >= 4 is 22.4 Å². The summed E-state index contributed by atoms with van der Waals surface area (Å²) in [6.45, 7) is 3.15. The van der Waals surface area contributed by atoms with Crippen molar-refractivity contribution < 1.29 is 0 Å². The zero-order valence-corrected chi connectivity index (χ0v) is 13.1. The molecule has 0 fully saturated rings. The number of nitrogens with zero attached hydrogens (tertiary/aromatic N) is 4. The largest absolute Gasteiger partial charge is 0.309 e. The average molecular weight is 301 g/mol. The average Bonchev–Trinajstić information content (AvgIpc) is 3.13. The highest BCUT2D eigenvalue weighted by Crippen LogP contribution is 2.25. The molecule has 3 aromatic rings. The number of nitrogens with one attached hydrogen (secondary N) is 1. The zero-order chi connectivity index (χ0) is 14.7. The van der Waals surface area contributed by atoms with Crippen LogP contribution in [-0.2, 0) is 13.5 Å². The van der Waals surface area contributed by atoms with Gasteiger partial charge in [-0.3, -0.25) is 4.68 Å². The quantitative estimate of drug-likeness (QED) is 0.760. The van der Waals surface area contributed by atoms with Crippen molar-refractivity contribution in [3.8, 4) is 0 Å². The van der Waals surface area contributed by atoms with Gasteiger partial charge in [-0.05, 0) is 30.6 Å². The van der Waals surface area contributed by atoms with Crippen LogP contribution in [0.25, 0.3) is 10.9 Å². The Morgan fingerprint density at radius 1 is 1.33 bits per heavy atom. The van der Waals surface area contributed by atoms with Gasteiger partial charge in [0.15, 0.2) is 0 Å². The summed E-state index contributed by atoms with van der Waals surface area (Å²) in [6, 6.07) is 8.58. The molecule has 0 bridgehead atoms. The minimum Gasteiger partial charge on any atom is -0.309 e. The Hall–Kier alpha value is -1.79. The maximum absolute atomic E-state index is 4.69. The summed E-state index contributed by atoms with van der Waals surface area (Å²) in [6.07, 6.45) is 3.81. The molecule has 1 N–H and O–H groups in total. The van der Waals surface area contributed by atoms with E-state index in [1.54, 1.807) is 0 Å². The Bertz CT molecular complexity index is 704. The van der Waals surface area contributed by atoms with Crippen molar-refractivity contribution in [2.24, 2.45) is 7.05 Å². The van der Waals surface area contributed by atoms with Crippen LogP contribution in [0.2, 0.25) is 0 Å². The lowest BCUT2D eigenvalue weighted by Gasteiger charge is -2.15. The van der Waals surface area contributed by atoms with Gasteiger partial charge in [0.1, 0.15) is 0 Å². The second-order valence-electron chi connectivity index (χ2n) is 5.12. The highest BCUT2D eigenvalue weighted by Gasteiger charge is 2.18. The Balaban J connectivity index is 1.90. The zero-order valence-electron chi connectivity index (χ0n) is 12.3. The van der Waals surface area contributed by atoms with Crippen molar-refractivity contribution in [3.05, 3.63) is 41.0 Å². The van der Waals surface area contributed by atoms with Crippen LogP contribution in [0.15, 0.2) is 30.5 Å². The summed E-state index contributed by atoms with van der Waals surface area (Å²) in [4.78, 5) is 1.16. The highest BCUT2D eigenvalue weighted by molar-refractivity contribution is 7.05. The molecule has 0 aliphatic heterocycles. The van der Waals surface area contributed by atoms with Crippen LogP contribution in [0.5, 0.6) is 0 Å². The molecule has 0 saturated heterocycles. The third-order valence-corrected chi connectivity index (χ3v) is 4.37. The summed E-state index contributed by atoms with van der Waals surface area (Å²) < 4.78 is 5.94. The van der Waals surface area contributed by atoms with E-state index < -0.39 is 0 Å². The molecule has 0 amide bonds. The van der Waals surface area contributed by atoms with Gasteiger partial charge in [-0.1, -0.05) is 29.6 Å². The van der Waals surface area contributed by atoms with E-state index in [9.17, 15) is 0 Å². The Labute approximate surface area is 128 Å². The molecule has 2 aromatic heterocycles.